The van der Waals surface area contributed by atoms with Gasteiger partial charge in [0.05, 0.1) is 16.0 Å². The van der Waals surface area contributed by atoms with Crippen molar-refractivity contribution in [1.82, 2.24) is 15.0 Å². The number of fused-ring (bicyclic) bond motifs is 1. The lowest BCUT2D eigenvalue weighted by atomic mass is 10.1. The number of carbonyl (C=O) groups is 2. The molecule has 0 radical (unpaired) electrons. The molecule has 4 rings (SSSR count). The lowest BCUT2D eigenvalue weighted by Gasteiger charge is -2.33. The van der Waals surface area contributed by atoms with E-state index in [1.54, 1.807) is 30.3 Å². The monoisotopic (exact) mass is 383 g/mol. The Kier molecular flexibility index (Phi) is 3.70. The quantitative estimate of drug-likeness (QED) is 0.634. The standard InChI is InChI=1S/C18H13N3O5S/c1-18(17-19-11-26-20-17,27(24,25)12-7-3-2-4-8-12)21-15(22)13-9-5-6-10-14(13)16(21)23/h2-11H,1H3. The highest BCUT2D eigenvalue weighted by Crippen LogP contribution is 2.41. The molecule has 0 spiro atoms. The summed E-state index contributed by atoms with van der Waals surface area (Å²) in [6, 6.07) is 13.7. The molecule has 1 aliphatic heterocycles. The number of carbonyl (C=O) groups excluding carboxylic acids is 2. The molecule has 136 valence electrons. The Morgan fingerprint density at radius 3 is 2.00 bits per heavy atom. The van der Waals surface area contributed by atoms with Crippen LogP contribution in [-0.2, 0) is 14.7 Å². The van der Waals surface area contributed by atoms with Crippen LogP contribution in [-0.4, -0.2) is 35.3 Å². The SMILES string of the molecule is CC(c1ncon1)(N1C(=O)c2ccccc2C1=O)S(=O)(=O)c1ccccc1. The van der Waals surface area contributed by atoms with Crippen LogP contribution in [0.15, 0.2) is 70.4 Å². The van der Waals surface area contributed by atoms with Gasteiger partial charge in [-0.25, -0.2) is 13.3 Å². The highest BCUT2D eigenvalue weighted by molar-refractivity contribution is 7.92. The van der Waals surface area contributed by atoms with Crippen molar-refractivity contribution in [2.45, 2.75) is 16.7 Å². The predicted molar refractivity (Wildman–Crippen MR) is 92.2 cm³/mol. The molecule has 2 amide bonds. The topological polar surface area (TPSA) is 110 Å². The van der Waals surface area contributed by atoms with Gasteiger partial charge >= 0.3 is 0 Å². The van der Waals surface area contributed by atoms with Gasteiger partial charge in [0.1, 0.15) is 0 Å². The van der Waals surface area contributed by atoms with Crippen molar-refractivity contribution >= 4 is 21.7 Å². The van der Waals surface area contributed by atoms with Crippen molar-refractivity contribution in [2.75, 3.05) is 0 Å². The Balaban J connectivity index is 1.98. The number of hydrogen-bond donors (Lipinski definition) is 0. The first-order chi connectivity index (χ1) is 12.9. The normalized spacial score (nSPS) is 16.3. The molecule has 27 heavy (non-hydrogen) atoms. The minimum absolute atomic E-state index is 0.0751. The van der Waals surface area contributed by atoms with Gasteiger partial charge in [-0.2, -0.15) is 4.98 Å². The minimum atomic E-state index is -4.29. The van der Waals surface area contributed by atoms with Crippen LogP contribution >= 0.6 is 0 Å². The third-order valence-electron chi connectivity index (χ3n) is 4.57. The van der Waals surface area contributed by atoms with Gasteiger partial charge in [-0.05, 0) is 31.2 Å². The summed E-state index contributed by atoms with van der Waals surface area (Å²) in [6.45, 7) is 1.22. The predicted octanol–water partition coefficient (Wildman–Crippen LogP) is 2.01. The Bertz CT molecular complexity index is 1110. The highest BCUT2D eigenvalue weighted by atomic mass is 32.2. The number of aromatic nitrogens is 2. The highest BCUT2D eigenvalue weighted by Gasteiger charge is 2.58. The molecule has 0 bridgehead atoms. The van der Waals surface area contributed by atoms with E-state index in [1.165, 1.54) is 31.2 Å². The minimum Gasteiger partial charge on any atom is -0.343 e. The van der Waals surface area contributed by atoms with E-state index in [-0.39, 0.29) is 21.8 Å². The molecular weight excluding hydrogens is 370 g/mol. The van der Waals surface area contributed by atoms with Crippen LogP contribution in [0.3, 0.4) is 0 Å². The largest absolute Gasteiger partial charge is 0.343 e. The molecule has 8 nitrogen and oxygen atoms in total. The molecule has 2 aromatic carbocycles. The van der Waals surface area contributed by atoms with Crippen molar-refractivity contribution < 1.29 is 22.5 Å². The van der Waals surface area contributed by atoms with Crippen molar-refractivity contribution in [2.24, 2.45) is 0 Å². The van der Waals surface area contributed by atoms with E-state index in [1.807, 2.05) is 0 Å². The average Bonchev–Trinajstić information content (AvgIpc) is 3.31. The molecule has 9 heteroatoms. The summed E-state index contributed by atoms with van der Waals surface area (Å²) in [5, 5.41) is 3.65. The third kappa shape index (κ3) is 2.25. The van der Waals surface area contributed by atoms with E-state index in [2.05, 4.69) is 10.1 Å². The Hall–Kier alpha value is -3.33. The molecule has 1 unspecified atom stereocenters. The number of amides is 2. The number of hydrogen-bond acceptors (Lipinski definition) is 7. The van der Waals surface area contributed by atoms with Crippen LogP contribution in [0.25, 0.3) is 0 Å². The smallest absolute Gasteiger partial charge is 0.263 e. The van der Waals surface area contributed by atoms with E-state index in [0.717, 1.165) is 6.39 Å². The maximum absolute atomic E-state index is 13.5. The van der Waals surface area contributed by atoms with E-state index >= 15 is 0 Å². The first-order valence-corrected chi connectivity index (χ1v) is 9.42. The lowest BCUT2D eigenvalue weighted by Crippen LogP contribution is -2.53. The molecule has 1 aliphatic rings. The molecule has 0 saturated carbocycles. The molecule has 0 saturated heterocycles. The van der Waals surface area contributed by atoms with E-state index < -0.39 is 26.5 Å². The number of imide groups is 1. The van der Waals surface area contributed by atoms with Crippen LogP contribution < -0.4 is 0 Å². The Labute approximate surface area is 154 Å². The van der Waals surface area contributed by atoms with Crippen molar-refractivity contribution in [3.63, 3.8) is 0 Å². The lowest BCUT2D eigenvalue weighted by molar-refractivity contribution is 0.0539. The van der Waals surface area contributed by atoms with Crippen molar-refractivity contribution in [3.8, 4) is 0 Å². The Morgan fingerprint density at radius 1 is 0.926 bits per heavy atom. The molecule has 0 aliphatic carbocycles. The number of nitrogens with zero attached hydrogens (tertiary/aromatic N) is 3. The number of benzene rings is 2. The zero-order chi connectivity index (χ0) is 19.2. The van der Waals surface area contributed by atoms with Crippen LogP contribution in [0, 0.1) is 0 Å². The zero-order valence-electron chi connectivity index (χ0n) is 14.1. The van der Waals surface area contributed by atoms with Gasteiger partial charge in [0, 0.05) is 0 Å². The summed E-state index contributed by atoms with van der Waals surface area (Å²) in [5.41, 5.74) is 0.251. The summed E-state index contributed by atoms with van der Waals surface area (Å²) in [6.07, 6.45) is 0.951. The summed E-state index contributed by atoms with van der Waals surface area (Å²) in [5.74, 6) is -1.77. The summed E-state index contributed by atoms with van der Waals surface area (Å²) in [4.78, 5) is 28.2. The number of rotatable bonds is 4. The molecule has 0 N–H and O–H groups in total. The summed E-state index contributed by atoms with van der Waals surface area (Å²) >= 11 is 0. The second-order valence-corrected chi connectivity index (χ2v) is 8.32. The fraction of sp³-hybridized carbons (Fsp3) is 0.111. The second-order valence-electron chi connectivity index (χ2n) is 6.05. The van der Waals surface area contributed by atoms with Gasteiger partial charge < -0.3 is 4.52 Å². The maximum Gasteiger partial charge on any atom is 0.263 e. The first kappa shape index (κ1) is 17.1. The van der Waals surface area contributed by atoms with Gasteiger partial charge in [-0.15, -0.1) is 0 Å². The summed E-state index contributed by atoms with van der Waals surface area (Å²) in [7, 11) is -4.29. The van der Waals surface area contributed by atoms with Gasteiger partial charge in [-0.3, -0.25) is 9.59 Å². The molecule has 1 aromatic heterocycles. The maximum atomic E-state index is 13.5. The summed E-state index contributed by atoms with van der Waals surface area (Å²) < 4.78 is 31.8. The van der Waals surface area contributed by atoms with Crippen LogP contribution in [0.1, 0.15) is 33.5 Å². The Morgan fingerprint density at radius 2 is 1.48 bits per heavy atom. The fourth-order valence-corrected chi connectivity index (χ4v) is 4.83. The van der Waals surface area contributed by atoms with Crippen LogP contribution in [0.5, 0.6) is 0 Å². The molecular formula is C18H13N3O5S. The van der Waals surface area contributed by atoms with Crippen molar-refractivity contribution in [1.29, 1.82) is 0 Å². The van der Waals surface area contributed by atoms with E-state index in [9.17, 15) is 18.0 Å². The van der Waals surface area contributed by atoms with Crippen molar-refractivity contribution in [3.05, 3.63) is 77.9 Å². The third-order valence-corrected chi connectivity index (χ3v) is 6.88. The number of sulfone groups is 1. The van der Waals surface area contributed by atoms with E-state index in [4.69, 9.17) is 4.52 Å². The second kappa shape index (κ2) is 5.85. The molecule has 1 atom stereocenters. The molecule has 3 aromatic rings. The van der Waals surface area contributed by atoms with Gasteiger partial charge in [0.15, 0.2) is 0 Å². The van der Waals surface area contributed by atoms with E-state index in [0.29, 0.717) is 4.90 Å². The molecule has 0 fully saturated rings. The van der Waals surface area contributed by atoms with Gasteiger partial charge in [0.2, 0.25) is 26.9 Å². The zero-order valence-corrected chi connectivity index (χ0v) is 14.9. The first-order valence-electron chi connectivity index (χ1n) is 7.93. The average molecular weight is 383 g/mol. The van der Waals surface area contributed by atoms with Crippen LogP contribution in [0.4, 0.5) is 0 Å². The fourth-order valence-electron chi connectivity index (χ4n) is 3.12. The van der Waals surface area contributed by atoms with Crippen LogP contribution in [0.2, 0.25) is 0 Å². The van der Waals surface area contributed by atoms with Gasteiger partial charge in [-0.1, -0.05) is 35.5 Å². The molecule has 2 heterocycles. The van der Waals surface area contributed by atoms with Gasteiger partial charge in [0.25, 0.3) is 11.8 Å².